The monoisotopic (exact) mass is 281 g/mol. The Labute approximate surface area is 119 Å². The Morgan fingerprint density at radius 3 is 2.37 bits per heavy atom. The number of aryl methyl sites for hydroxylation is 2. The zero-order chi connectivity index (χ0) is 13.9. The molecule has 0 saturated carbocycles. The summed E-state index contributed by atoms with van der Waals surface area (Å²) in [4.78, 5) is 11.7. The fourth-order valence-corrected chi connectivity index (χ4v) is 2.82. The molecule has 0 atom stereocenters. The summed E-state index contributed by atoms with van der Waals surface area (Å²) in [5.74, 6) is -0.129. The molecule has 1 aromatic rings. The van der Waals surface area contributed by atoms with Gasteiger partial charge in [-0.25, -0.2) is 0 Å². The van der Waals surface area contributed by atoms with E-state index in [2.05, 4.69) is 37.4 Å². The Kier molecular flexibility index (Phi) is 4.48. The maximum Gasteiger partial charge on any atom is 0.235 e. The molecule has 1 heterocycles. The molecule has 0 radical (unpaired) electrons. The number of hydrogen-bond donors (Lipinski definition) is 1. The van der Waals surface area contributed by atoms with Gasteiger partial charge in [0, 0.05) is 13.2 Å². The van der Waals surface area contributed by atoms with Crippen molar-refractivity contribution in [1.29, 1.82) is 0 Å². The molecule has 1 aliphatic heterocycles. The van der Waals surface area contributed by atoms with E-state index >= 15 is 0 Å². The molecule has 1 amide bonds. The van der Waals surface area contributed by atoms with Crippen LogP contribution in [-0.4, -0.2) is 25.0 Å². The van der Waals surface area contributed by atoms with Crippen LogP contribution in [0.5, 0.6) is 0 Å². The average molecular weight is 282 g/mol. The molecule has 104 valence electrons. The first kappa shape index (κ1) is 14.4. The summed E-state index contributed by atoms with van der Waals surface area (Å²) in [6.45, 7) is 5.48. The highest BCUT2D eigenvalue weighted by Gasteiger charge is 2.35. The van der Waals surface area contributed by atoms with Crippen molar-refractivity contribution in [3.8, 4) is 0 Å². The molecule has 4 heteroatoms. The van der Waals surface area contributed by atoms with Gasteiger partial charge in [-0.1, -0.05) is 29.3 Å². The molecule has 0 unspecified atom stereocenters. The van der Waals surface area contributed by atoms with Crippen LogP contribution in [0, 0.1) is 13.8 Å². The zero-order valence-corrected chi connectivity index (χ0v) is 12.2. The van der Waals surface area contributed by atoms with Gasteiger partial charge in [0.05, 0.1) is 5.54 Å². The summed E-state index contributed by atoms with van der Waals surface area (Å²) in [6, 6.07) is 6.43. The summed E-state index contributed by atoms with van der Waals surface area (Å²) in [7, 11) is 0. The highest BCUT2D eigenvalue weighted by molar-refractivity contribution is 6.27. The van der Waals surface area contributed by atoms with Crippen molar-refractivity contribution in [3.63, 3.8) is 0 Å². The van der Waals surface area contributed by atoms with Crippen molar-refractivity contribution >= 4 is 17.5 Å². The predicted molar refractivity (Wildman–Crippen MR) is 76.5 cm³/mol. The molecule has 0 aromatic heterocycles. The molecule has 0 aliphatic carbocycles. The van der Waals surface area contributed by atoms with E-state index in [-0.39, 0.29) is 17.3 Å². The summed E-state index contributed by atoms with van der Waals surface area (Å²) in [5, 5.41) is 3.10. The van der Waals surface area contributed by atoms with Gasteiger partial charge in [0.1, 0.15) is 5.88 Å². The molecular formula is C15H20ClNO2. The fourth-order valence-electron chi connectivity index (χ4n) is 2.76. The molecule has 1 fully saturated rings. The Bertz CT molecular complexity index is 447. The Balaban J connectivity index is 2.38. The van der Waals surface area contributed by atoms with Crippen LogP contribution in [0.2, 0.25) is 0 Å². The highest BCUT2D eigenvalue weighted by atomic mass is 35.5. The average Bonchev–Trinajstić information content (AvgIpc) is 2.38. The maximum atomic E-state index is 11.7. The smallest absolute Gasteiger partial charge is 0.235 e. The SMILES string of the molecule is Cc1cc(C)cc(C2(NC(=O)CCl)CCOCC2)c1. The van der Waals surface area contributed by atoms with E-state index in [1.807, 2.05) is 0 Å². The largest absolute Gasteiger partial charge is 0.381 e. The van der Waals surface area contributed by atoms with Crippen LogP contribution in [-0.2, 0) is 15.1 Å². The van der Waals surface area contributed by atoms with Crippen LogP contribution in [0.1, 0.15) is 29.5 Å². The lowest BCUT2D eigenvalue weighted by Gasteiger charge is -2.38. The van der Waals surface area contributed by atoms with Gasteiger partial charge >= 0.3 is 0 Å². The number of alkyl halides is 1. The second kappa shape index (κ2) is 5.93. The second-order valence-corrected chi connectivity index (χ2v) is 5.52. The van der Waals surface area contributed by atoms with Crippen molar-refractivity contribution in [1.82, 2.24) is 5.32 Å². The zero-order valence-electron chi connectivity index (χ0n) is 11.5. The van der Waals surface area contributed by atoms with E-state index in [0.717, 1.165) is 18.4 Å². The number of halogens is 1. The molecular weight excluding hydrogens is 262 g/mol. The van der Waals surface area contributed by atoms with E-state index < -0.39 is 0 Å². The first-order valence-electron chi connectivity index (χ1n) is 6.59. The summed E-state index contributed by atoms with van der Waals surface area (Å²) < 4.78 is 5.44. The predicted octanol–water partition coefficient (Wildman–Crippen LogP) is 2.66. The van der Waals surface area contributed by atoms with Gasteiger partial charge in [-0.2, -0.15) is 0 Å². The number of ether oxygens (including phenoxy) is 1. The minimum absolute atomic E-state index is 0.00654. The quantitative estimate of drug-likeness (QED) is 0.865. The van der Waals surface area contributed by atoms with Gasteiger partial charge in [0.15, 0.2) is 0 Å². The molecule has 0 spiro atoms. The van der Waals surface area contributed by atoms with Gasteiger partial charge < -0.3 is 10.1 Å². The van der Waals surface area contributed by atoms with Gasteiger partial charge in [0.25, 0.3) is 0 Å². The van der Waals surface area contributed by atoms with Crippen LogP contribution >= 0.6 is 11.6 Å². The van der Waals surface area contributed by atoms with Crippen LogP contribution in [0.25, 0.3) is 0 Å². The Morgan fingerprint density at radius 2 is 1.84 bits per heavy atom. The number of carbonyl (C=O) groups excluding carboxylic acids is 1. The normalized spacial score (nSPS) is 18.1. The van der Waals surface area contributed by atoms with Crippen molar-refractivity contribution in [2.75, 3.05) is 19.1 Å². The number of hydrogen-bond acceptors (Lipinski definition) is 2. The third kappa shape index (κ3) is 3.28. The molecule has 1 aliphatic rings. The van der Waals surface area contributed by atoms with E-state index in [1.54, 1.807) is 0 Å². The lowest BCUT2D eigenvalue weighted by Crippen LogP contribution is -2.50. The van der Waals surface area contributed by atoms with Crippen LogP contribution in [0.15, 0.2) is 18.2 Å². The van der Waals surface area contributed by atoms with Crippen LogP contribution in [0.3, 0.4) is 0 Å². The van der Waals surface area contributed by atoms with Crippen LogP contribution in [0.4, 0.5) is 0 Å². The first-order valence-corrected chi connectivity index (χ1v) is 7.13. The summed E-state index contributed by atoms with van der Waals surface area (Å²) >= 11 is 5.64. The Hall–Kier alpha value is -1.06. The maximum absolute atomic E-state index is 11.7. The standard InChI is InChI=1S/C15H20ClNO2/c1-11-7-12(2)9-13(8-11)15(17-14(18)10-16)3-5-19-6-4-15/h7-9H,3-6,10H2,1-2H3,(H,17,18). The molecule has 1 N–H and O–H groups in total. The van der Waals surface area contributed by atoms with Gasteiger partial charge in [-0.05, 0) is 32.3 Å². The lowest BCUT2D eigenvalue weighted by molar-refractivity contribution is -0.122. The minimum Gasteiger partial charge on any atom is -0.381 e. The number of carbonyl (C=O) groups is 1. The third-order valence-corrected chi connectivity index (χ3v) is 3.86. The number of amides is 1. The van der Waals surface area contributed by atoms with Gasteiger partial charge in [0.2, 0.25) is 5.91 Å². The Morgan fingerprint density at radius 1 is 1.26 bits per heavy atom. The van der Waals surface area contributed by atoms with E-state index in [9.17, 15) is 4.79 Å². The second-order valence-electron chi connectivity index (χ2n) is 5.25. The van der Waals surface area contributed by atoms with Crippen molar-refractivity contribution in [2.45, 2.75) is 32.2 Å². The summed E-state index contributed by atoms with van der Waals surface area (Å²) in [6.07, 6.45) is 1.58. The van der Waals surface area contributed by atoms with E-state index in [4.69, 9.17) is 16.3 Å². The minimum atomic E-state index is -0.332. The molecule has 1 saturated heterocycles. The van der Waals surface area contributed by atoms with Crippen molar-refractivity contribution < 1.29 is 9.53 Å². The number of nitrogens with one attached hydrogen (secondary N) is 1. The first-order chi connectivity index (χ1) is 9.05. The molecule has 1 aromatic carbocycles. The van der Waals surface area contributed by atoms with Gasteiger partial charge in [-0.15, -0.1) is 11.6 Å². The highest BCUT2D eigenvalue weighted by Crippen LogP contribution is 2.33. The number of benzene rings is 1. The van der Waals surface area contributed by atoms with E-state index in [0.29, 0.717) is 13.2 Å². The fraction of sp³-hybridized carbons (Fsp3) is 0.533. The van der Waals surface area contributed by atoms with Crippen LogP contribution < -0.4 is 5.32 Å². The molecule has 3 nitrogen and oxygen atoms in total. The summed E-state index contributed by atoms with van der Waals surface area (Å²) in [5.41, 5.74) is 3.25. The topological polar surface area (TPSA) is 38.3 Å². The lowest BCUT2D eigenvalue weighted by atomic mass is 9.81. The van der Waals surface area contributed by atoms with Crippen molar-refractivity contribution in [3.05, 3.63) is 34.9 Å². The van der Waals surface area contributed by atoms with Gasteiger partial charge in [-0.3, -0.25) is 4.79 Å². The molecule has 2 rings (SSSR count). The molecule has 19 heavy (non-hydrogen) atoms. The van der Waals surface area contributed by atoms with E-state index in [1.165, 1.54) is 11.1 Å². The van der Waals surface area contributed by atoms with Crippen molar-refractivity contribution in [2.24, 2.45) is 0 Å². The molecule has 0 bridgehead atoms. The number of rotatable bonds is 3. The third-order valence-electron chi connectivity index (χ3n) is 3.62.